The van der Waals surface area contributed by atoms with Crippen LogP contribution < -0.4 is 0 Å². The van der Waals surface area contributed by atoms with Crippen LogP contribution in [-0.2, 0) is 17.9 Å². The first-order valence-electron chi connectivity index (χ1n) is 8.88. The van der Waals surface area contributed by atoms with Crippen LogP contribution >= 0.6 is 0 Å². The van der Waals surface area contributed by atoms with Crippen molar-refractivity contribution in [1.29, 1.82) is 0 Å². The third kappa shape index (κ3) is 2.87. The van der Waals surface area contributed by atoms with Gasteiger partial charge < -0.3 is 9.26 Å². The second-order valence-electron chi connectivity index (χ2n) is 6.68. The highest BCUT2D eigenvalue weighted by molar-refractivity contribution is 5.59. The lowest BCUT2D eigenvalue weighted by Crippen LogP contribution is -2.22. The van der Waals surface area contributed by atoms with E-state index >= 15 is 0 Å². The average molecular weight is 377 g/mol. The van der Waals surface area contributed by atoms with Crippen LogP contribution in [0.3, 0.4) is 0 Å². The Kier molecular flexibility index (Phi) is 3.98. The molecule has 5 rings (SSSR count). The van der Waals surface area contributed by atoms with Crippen molar-refractivity contribution in [3.05, 3.63) is 71.2 Å². The quantitative estimate of drug-likeness (QED) is 0.541. The smallest absolute Gasteiger partial charge is 0.261 e. The van der Waals surface area contributed by atoms with E-state index in [4.69, 9.17) is 9.26 Å². The van der Waals surface area contributed by atoms with Crippen LogP contribution in [0.4, 0.5) is 4.39 Å². The maximum atomic E-state index is 13.9. The number of benzene rings is 2. The van der Waals surface area contributed by atoms with Crippen molar-refractivity contribution >= 4 is 0 Å². The Balaban J connectivity index is 1.43. The number of ether oxygens (including phenoxy) is 1. The summed E-state index contributed by atoms with van der Waals surface area (Å²) in [5.41, 5.74) is 3.79. The Bertz CT molecular complexity index is 1140. The van der Waals surface area contributed by atoms with E-state index in [0.717, 1.165) is 11.3 Å². The summed E-state index contributed by atoms with van der Waals surface area (Å²) in [6.45, 7) is 2.92. The molecular weight excluding hydrogens is 361 g/mol. The molecule has 0 bridgehead atoms. The van der Waals surface area contributed by atoms with Crippen molar-refractivity contribution in [2.75, 3.05) is 0 Å². The second-order valence-corrected chi connectivity index (χ2v) is 6.68. The van der Waals surface area contributed by atoms with Gasteiger partial charge in [0.2, 0.25) is 5.82 Å². The number of aromatic nitrogens is 5. The summed E-state index contributed by atoms with van der Waals surface area (Å²) >= 11 is 0. The number of hydrogen-bond acceptors (Lipinski definition) is 6. The molecule has 1 atom stereocenters. The Morgan fingerprint density at radius 2 is 1.93 bits per heavy atom. The van der Waals surface area contributed by atoms with Crippen LogP contribution in [0, 0.1) is 12.7 Å². The molecule has 28 heavy (non-hydrogen) atoms. The molecule has 1 aliphatic heterocycles. The zero-order valence-corrected chi connectivity index (χ0v) is 15.0. The van der Waals surface area contributed by atoms with Crippen LogP contribution in [0.5, 0.6) is 0 Å². The lowest BCUT2D eigenvalue weighted by atomic mass is 10.1. The predicted octanol–water partition coefficient (Wildman–Crippen LogP) is 3.71. The minimum absolute atomic E-state index is 0.0955. The van der Waals surface area contributed by atoms with Crippen LogP contribution in [0.25, 0.3) is 23.0 Å². The van der Waals surface area contributed by atoms with Crippen molar-refractivity contribution in [2.24, 2.45) is 0 Å². The molecule has 7 nitrogen and oxygen atoms in total. The number of nitrogens with zero attached hydrogens (tertiary/aromatic N) is 5. The largest absolute Gasteiger partial charge is 0.365 e. The molecule has 0 saturated heterocycles. The topological polar surface area (TPSA) is 78.9 Å². The van der Waals surface area contributed by atoms with Gasteiger partial charge in [0.1, 0.15) is 11.9 Å². The fraction of sp³-hybridized carbons (Fsp3) is 0.200. The number of halogens is 1. The third-order valence-electron chi connectivity index (χ3n) is 4.79. The zero-order valence-electron chi connectivity index (χ0n) is 15.0. The van der Waals surface area contributed by atoms with E-state index in [1.165, 1.54) is 11.6 Å². The second kappa shape index (κ2) is 6.65. The zero-order chi connectivity index (χ0) is 19.1. The normalized spacial score (nSPS) is 16.1. The molecule has 8 heteroatoms. The van der Waals surface area contributed by atoms with Gasteiger partial charge in [-0.3, -0.25) is 0 Å². The van der Waals surface area contributed by atoms with Crippen molar-refractivity contribution < 1.29 is 13.7 Å². The maximum Gasteiger partial charge on any atom is 0.261 e. The van der Waals surface area contributed by atoms with Crippen LogP contribution in [-0.4, -0.2) is 25.1 Å². The fourth-order valence-electron chi connectivity index (χ4n) is 3.23. The van der Waals surface area contributed by atoms with Crippen molar-refractivity contribution in [1.82, 2.24) is 25.1 Å². The highest BCUT2D eigenvalue weighted by Crippen LogP contribution is 2.31. The predicted molar refractivity (Wildman–Crippen MR) is 97.4 cm³/mol. The van der Waals surface area contributed by atoms with Gasteiger partial charge in [-0.15, -0.1) is 5.10 Å². The molecule has 0 unspecified atom stereocenters. The van der Waals surface area contributed by atoms with Crippen molar-refractivity contribution in [3.63, 3.8) is 0 Å². The summed E-state index contributed by atoms with van der Waals surface area (Å²) in [5, 5.41) is 12.4. The summed E-state index contributed by atoms with van der Waals surface area (Å²) in [7, 11) is 0. The first-order chi connectivity index (χ1) is 13.7. The summed E-state index contributed by atoms with van der Waals surface area (Å²) in [6.07, 6.45) is -0.0955. The molecule has 4 aromatic rings. The van der Waals surface area contributed by atoms with E-state index in [-0.39, 0.29) is 23.4 Å². The first kappa shape index (κ1) is 16.8. The molecular formula is C20H16FN5O2. The number of hydrogen-bond donors (Lipinski definition) is 0. The van der Waals surface area contributed by atoms with E-state index in [1.54, 1.807) is 22.9 Å². The van der Waals surface area contributed by atoms with E-state index in [1.807, 2.05) is 6.92 Å². The lowest BCUT2D eigenvalue weighted by Gasteiger charge is -2.24. The van der Waals surface area contributed by atoms with Gasteiger partial charge in [0.05, 0.1) is 24.4 Å². The monoisotopic (exact) mass is 377 g/mol. The molecule has 0 amide bonds. The average Bonchev–Trinajstić information content (AvgIpc) is 3.35. The van der Waals surface area contributed by atoms with E-state index < -0.39 is 5.82 Å². The van der Waals surface area contributed by atoms with Crippen LogP contribution in [0.15, 0.2) is 53.1 Å². The number of fused-ring (bicyclic) bond motifs is 1. The van der Waals surface area contributed by atoms with Gasteiger partial charge in [-0.2, -0.15) is 4.98 Å². The number of rotatable bonds is 3. The summed E-state index contributed by atoms with van der Waals surface area (Å²) < 4.78 is 27.0. The van der Waals surface area contributed by atoms with Gasteiger partial charge in [-0.1, -0.05) is 52.3 Å². The molecule has 0 N–H and O–H groups in total. The third-order valence-corrected chi connectivity index (χ3v) is 4.79. The molecule has 2 aromatic heterocycles. The van der Waals surface area contributed by atoms with Crippen molar-refractivity contribution in [3.8, 4) is 23.0 Å². The molecule has 1 aliphatic rings. The molecule has 2 aromatic carbocycles. The maximum absolute atomic E-state index is 13.9. The lowest BCUT2D eigenvalue weighted by molar-refractivity contribution is -0.00112. The molecule has 0 saturated carbocycles. The number of aryl methyl sites for hydroxylation is 1. The highest BCUT2D eigenvalue weighted by atomic mass is 19.1. The standard InChI is InChI=1S/C20H16FN5O2/c1-12-6-8-13(9-7-12)17-10-26-16(11-27-17)18(23-25-26)19-22-20(28-24-19)14-4-2-3-5-15(14)21/h2-9,17H,10-11H2,1H3/t17-/m1/s1. The van der Waals surface area contributed by atoms with Gasteiger partial charge in [0, 0.05) is 0 Å². The molecule has 0 aliphatic carbocycles. The minimum Gasteiger partial charge on any atom is -0.365 e. The van der Waals surface area contributed by atoms with Crippen molar-refractivity contribution in [2.45, 2.75) is 26.2 Å². The SMILES string of the molecule is Cc1ccc([C@H]2Cn3nnc(-c4noc(-c5ccccc5F)n4)c3CO2)cc1. The summed E-state index contributed by atoms with van der Waals surface area (Å²) in [6, 6.07) is 14.5. The van der Waals surface area contributed by atoms with E-state index in [0.29, 0.717) is 18.8 Å². The summed E-state index contributed by atoms with van der Waals surface area (Å²) in [5.74, 6) is -0.0621. The first-order valence-corrected chi connectivity index (χ1v) is 8.88. The van der Waals surface area contributed by atoms with E-state index in [2.05, 4.69) is 44.7 Å². The Morgan fingerprint density at radius 1 is 1.11 bits per heavy atom. The summed E-state index contributed by atoms with van der Waals surface area (Å²) in [4.78, 5) is 4.29. The molecule has 0 spiro atoms. The molecule has 0 radical (unpaired) electrons. The Hall–Kier alpha value is -3.39. The molecule has 140 valence electrons. The highest BCUT2D eigenvalue weighted by Gasteiger charge is 2.27. The van der Waals surface area contributed by atoms with Gasteiger partial charge in [0.15, 0.2) is 5.69 Å². The van der Waals surface area contributed by atoms with Crippen LogP contribution in [0.1, 0.15) is 22.9 Å². The minimum atomic E-state index is -0.424. The van der Waals surface area contributed by atoms with Gasteiger partial charge in [-0.05, 0) is 24.6 Å². The van der Waals surface area contributed by atoms with Crippen LogP contribution in [0.2, 0.25) is 0 Å². The molecule has 3 heterocycles. The Morgan fingerprint density at radius 3 is 2.75 bits per heavy atom. The Labute approximate surface area is 159 Å². The van der Waals surface area contributed by atoms with Gasteiger partial charge in [0.25, 0.3) is 5.89 Å². The van der Waals surface area contributed by atoms with Gasteiger partial charge in [-0.25, -0.2) is 9.07 Å². The fourth-order valence-corrected chi connectivity index (χ4v) is 3.23. The van der Waals surface area contributed by atoms with Gasteiger partial charge >= 0.3 is 0 Å². The molecule has 0 fully saturated rings. The van der Waals surface area contributed by atoms with E-state index in [9.17, 15) is 4.39 Å².